The molecule has 5 heteroatoms. The maximum Gasteiger partial charge on any atom is 0.325 e. The van der Waals surface area contributed by atoms with Gasteiger partial charge in [-0.3, -0.25) is 9.69 Å². The van der Waals surface area contributed by atoms with Gasteiger partial charge in [0.2, 0.25) is 0 Å². The fourth-order valence-corrected chi connectivity index (χ4v) is 3.62. The molecule has 5 nitrogen and oxygen atoms in total. The zero-order valence-corrected chi connectivity index (χ0v) is 11.4. The number of nitrogens with two attached hydrogens (primary N) is 1. The molecule has 106 valence electrons. The highest BCUT2D eigenvalue weighted by atomic mass is 16.2. The van der Waals surface area contributed by atoms with Gasteiger partial charge in [0.05, 0.1) is 0 Å². The summed E-state index contributed by atoms with van der Waals surface area (Å²) < 4.78 is 0. The minimum Gasteiger partial charge on any atom is -0.330 e. The van der Waals surface area contributed by atoms with Gasteiger partial charge in [0, 0.05) is 6.54 Å². The smallest absolute Gasteiger partial charge is 0.325 e. The van der Waals surface area contributed by atoms with Crippen molar-refractivity contribution >= 4 is 11.9 Å². The largest absolute Gasteiger partial charge is 0.330 e. The number of nitrogens with one attached hydrogen (secondary N) is 1. The van der Waals surface area contributed by atoms with Crippen LogP contribution in [0.1, 0.15) is 51.4 Å². The summed E-state index contributed by atoms with van der Waals surface area (Å²) in [5.41, 5.74) is 5.18. The van der Waals surface area contributed by atoms with E-state index in [-0.39, 0.29) is 17.4 Å². The van der Waals surface area contributed by atoms with E-state index in [1.54, 1.807) is 0 Å². The number of hydrogen-bond acceptors (Lipinski definition) is 3. The Morgan fingerprint density at radius 1 is 1.11 bits per heavy atom. The van der Waals surface area contributed by atoms with Crippen LogP contribution in [0, 0.1) is 5.41 Å². The Kier molecular flexibility index (Phi) is 3.04. The number of nitrogens with zero attached hydrogens (tertiary/aromatic N) is 1. The van der Waals surface area contributed by atoms with Crippen LogP contribution in [0.2, 0.25) is 0 Å². The second-order valence-corrected chi connectivity index (χ2v) is 6.50. The van der Waals surface area contributed by atoms with Crippen LogP contribution in [0.3, 0.4) is 0 Å². The molecule has 1 heterocycles. The first-order chi connectivity index (χ1) is 9.11. The number of hydrogen-bond donors (Lipinski definition) is 2. The van der Waals surface area contributed by atoms with Crippen molar-refractivity contribution in [2.24, 2.45) is 11.1 Å². The van der Waals surface area contributed by atoms with Gasteiger partial charge in [-0.1, -0.05) is 19.3 Å². The minimum absolute atomic E-state index is 0.0143. The van der Waals surface area contributed by atoms with Crippen LogP contribution >= 0.6 is 0 Å². The fourth-order valence-electron chi connectivity index (χ4n) is 3.62. The molecular formula is C14H23N3O2. The molecule has 0 atom stereocenters. The Bertz CT molecular complexity index is 397. The van der Waals surface area contributed by atoms with Gasteiger partial charge < -0.3 is 11.1 Å². The van der Waals surface area contributed by atoms with E-state index >= 15 is 0 Å². The maximum atomic E-state index is 12.6. The summed E-state index contributed by atoms with van der Waals surface area (Å²) in [6.07, 6.45) is 7.94. The van der Waals surface area contributed by atoms with Gasteiger partial charge >= 0.3 is 6.03 Å². The first-order valence-corrected chi connectivity index (χ1v) is 7.45. The lowest BCUT2D eigenvalue weighted by Crippen LogP contribution is -2.48. The summed E-state index contributed by atoms with van der Waals surface area (Å²) in [6.45, 7) is 1.20. The van der Waals surface area contributed by atoms with Gasteiger partial charge in [0.25, 0.3) is 5.91 Å². The standard InChI is InChI=1S/C14H23N3O2/c15-9-8-13(6-7-13)10-17-11(18)14(16-12(17)19)4-2-1-3-5-14/h1-10,15H2,(H,16,19). The van der Waals surface area contributed by atoms with Crippen molar-refractivity contribution in [3.8, 4) is 0 Å². The maximum absolute atomic E-state index is 12.6. The first kappa shape index (κ1) is 12.9. The molecule has 2 saturated carbocycles. The number of amides is 3. The lowest BCUT2D eigenvalue weighted by Gasteiger charge is -2.30. The molecule has 3 N–H and O–H groups in total. The molecular weight excluding hydrogens is 242 g/mol. The van der Waals surface area contributed by atoms with Crippen molar-refractivity contribution < 1.29 is 9.59 Å². The van der Waals surface area contributed by atoms with Crippen molar-refractivity contribution in [3.05, 3.63) is 0 Å². The summed E-state index contributed by atoms with van der Waals surface area (Å²) >= 11 is 0. The highest BCUT2D eigenvalue weighted by Crippen LogP contribution is 2.50. The van der Waals surface area contributed by atoms with Gasteiger partial charge in [-0.05, 0) is 44.1 Å². The zero-order chi connectivity index (χ0) is 13.5. The van der Waals surface area contributed by atoms with Crippen molar-refractivity contribution in [2.75, 3.05) is 13.1 Å². The fraction of sp³-hybridized carbons (Fsp3) is 0.857. The molecule has 3 rings (SSSR count). The van der Waals surface area contributed by atoms with Crippen LogP contribution in [0.15, 0.2) is 0 Å². The van der Waals surface area contributed by atoms with E-state index in [1.807, 2.05) is 0 Å². The molecule has 1 aliphatic heterocycles. The van der Waals surface area contributed by atoms with E-state index < -0.39 is 5.54 Å². The van der Waals surface area contributed by atoms with Crippen molar-refractivity contribution in [3.63, 3.8) is 0 Å². The van der Waals surface area contributed by atoms with E-state index in [0.29, 0.717) is 13.1 Å². The minimum atomic E-state index is -0.575. The molecule has 0 aromatic heterocycles. The average Bonchev–Trinajstić information content (AvgIpc) is 3.12. The van der Waals surface area contributed by atoms with Gasteiger partial charge in [-0.25, -0.2) is 4.79 Å². The summed E-state index contributed by atoms with van der Waals surface area (Å²) in [5, 5.41) is 2.97. The van der Waals surface area contributed by atoms with Crippen LogP contribution in [0.25, 0.3) is 0 Å². The predicted molar refractivity (Wildman–Crippen MR) is 71.4 cm³/mol. The summed E-state index contributed by atoms with van der Waals surface area (Å²) in [7, 11) is 0. The third-order valence-corrected chi connectivity index (χ3v) is 5.08. The van der Waals surface area contributed by atoms with E-state index in [1.165, 1.54) is 11.3 Å². The second-order valence-electron chi connectivity index (χ2n) is 6.50. The third-order valence-electron chi connectivity index (χ3n) is 5.08. The molecule has 2 aliphatic carbocycles. The molecule has 3 aliphatic rings. The Balaban J connectivity index is 1.72. The van der Waals surface area contributed by atoms with E-state index in [0.717, 1.165) is 44.9 Å². The molecule has 19 heavy (non-hydrogen) atoms. The van der Waals surface area contributed by atoms with Crippen molar-refractivity contribution in [1.29, 1.82) is 0 Å². The lowest BCUT2D eigenvalue weighted by atomic mass is 9.81. The summed E-state index contributed by atoms with van der Waals surface area (Å²) in [4.78, 5) is 26.2. The predicted octanol–water partition coefficient (Wildman–Crippen LogP) is 1.37. The van der Waals surface area contributed by atoms with E-state index in [2.05, 4.69) is 5.32 Å². The number of carbonyl (C=O) groups is 2. The van der Waals surface area contributed by atoms with E-state index in [4.69, 9.17) is 5.73 Å². The second kappa shape index (κ2) is 4.47. The first-order valence-electron chi connectivity index (χ1n) is 7.45. The van der Waals surface area contributed by atoms with E-state index in [9.17, 15) is 9.59 Å². The van der Waals surface area contributed by atoms with Gasteiger partial charge in [-0.15, -0.1) is 0 Å². The normalized spacial score (nSPS) is 27.7. The molecule has 0 unspecified atom stereocenters. The highest BCUT2D eigenvalue weighted by molar-refractivity contribution is 6.07. The summed E-state index contributed by atoms with van der Waals surface area (Å²) in [5.74, 6) is 0.0143. The topological polar surface area (TPSA) is 75.4 Å². The highest BCUT2D eigenvalue weighted by Gasteiger charge is 2.54. The molecule has 1 spiro atoms. The molecule has 0 radical (unpaired) electrons. The summed E-state index contributed by atoms with van der Waals surface area (Å²) in [6, 6.07) is -0.185. The quantitative estimate of drug-likeness (QED) is 0.754. The number of urea groups is 1. The molecule has 1 saturated heterocycles. The van der Waals surface area contributed by atoms with Crippen LogP contribution in [0.5, 0.6) is 0 Å². The molecule has 0 bridgehead atoms. The molecule has 3 amide bonds. The van der Waals surface area contributed by atoms with Crippen LogP contribution in [0.4, 0.5) is 4.79 Å². The molecule has 0 aromatic carbocycles. The lowest BCUT2D eigenvalue weighted by molar-refractivity contribution is -0.133. The SMILES string of the molecule is NCCC1(CN2C(=O)NC3(CCCCC3)C2=O)CC1. The number of rotatable bonds is 4. The average molecular weight is 265 g/mol. The Labute approximate surface area is 113 Å². The monoisotopic (exact) mass is 265 g/mol. The Morgan fingerprint density at radius 2 is 1.79 bits per heavy atom. The number of carbonyl (C=O) groups excluding carboxylic acids is 2. The third kappa shape index (κ3) is 2.14. The van der Waals surface area contributed by atoms with Crippen LogP contribution in [-0.2, 0) is 4.79 Å². The van der Waals surface area contributed by atoms with Gasteiger partial charge in [0.1, 0.15) is 5.54 Å². The number of imide groups is 1. The van der Waals surface area contributed by atoms with Crippen LogP contribution < -0.4 is 11.1 Å². The van der Waals surface area contributed by atoms with Crippen molar-refractivity contribution in [2.45, 2.75) is 56.9 Å². The zero-order valence-electron chi connectivity index (χ0n) is 11.4. The van der Waals surface area contributed by atoms with Crippen molar-refractivity contribution in [1.82, 2.24) is 10.2 Å². The van der Waals surface area contributed by atoms with Gasteiger partial charge in [-0.2, -0.15) is 0 Å². The molecule has 3 fully saturated rings. The Hall–Kier alpha value is -1.10. The van der Waals surface area contributed by atoms with Crippen LogP contribution in [-0.4, -0.2) is 35.5 Å². The molecule has 0 aromatic rings. The Morgan fingerprint density at radius 3 is 2.37 bits per heavy atom. The van der Waals surface area contributed by atoms with Gasteiger partial charge in [0.15, 0.2) is 0 Å².